The molecule has 3 aromatic heterocycles. The predicted octanol–water partition coefficient (Wildman–Crippen LogP) is 4.76. The van der Waals surface area contributed by atoms with Crippen LogP contribution in [-0.4, -0.2) is 62.5 Å². The lowest BCUT2D eigenvalue weighted by molar-refractivity contribution is 0.148. The molecule has 0 bridgehead atoms. The molecule has 0 unspecified atom stereocenters. The lowest BCUT2D eigenvalue weighted by Crippen LogP contribution is -2.43. The molecule has 0 amide bonds. The highest BCUT2D eigenvalue weighted by molar-refractivity contribution is 5.86. The third-order valence-corrected chi connectivity index (χ3v) is 7.08. The molecule has 0 atom stereocenters. The number of nitrogen functional groups attached to an aromatic ring is 1. The number of hydrogen-bond donors (Lipinski definition) is 1. The van der Waals surface area contributed by atoms with Gasteiger partial charge in [-0.2, -0.15) is 0 Å². The Balaban J connectivity index is 1.38. The third kappa shape index (κ3) is 4.51. The summed E-state index contributed by atoms with van der Waals surface area (Å²) in [7, 11) is 2.15. The molecular weight excluding hydrogens is 484 g/mol. The molecule has 7 nitrogen and oxygen atoms in total. The van der Waals surface area contributed by atoms with Gasteiger partial charge in [0.15, 0.2) is 11.6 Å². The van der Waals surface area contributed by atoms with Gasteiger partial charge in [-0.1, -0.05) is 30.3 Å². The largest absolute Gasteiger partial charge is 0.383 e. The van der Waals surface area contributed by atoms with Gasteiger partial charge in [-0.15, -0.1) is 0 Å². The zero-order valence-corrected chi connectivity index (χ0v) is 21.0. The summed E-state index contributed by atoms with van der Waals surface area (Å²) in [6, 6.07) is 16.1. The van der Waals surface area contributed by atoms with Gasteiger partial charge in [0.2, 0.25) is 0 Å². The molecule has 0 spiro atoms. The van der Waals surface area contributed by atoms with Crippen LogP contribution in [0.4, 0.5) is 14.6 Å². The topological polar surface area (TPSA) is 76.1 Å². The van der Waals surface area contributed by atoms with Gasteiger partial charge in [0, 0.05) is 50.7 Å². The monoisotopic (exact) mass is 511 g/mol. The van der Waals surface area contributed by atoms with Crippen molar-refractivity contribution in [3.05, 3.63) is 90.4 Å². The highest BCUT2D eigenvalue weighted by atomic mass is 19.2. The predicted molar refractivity (Wildman–Crippen MR) is 145 cm³/mol. The first kappa shape index (κ1) is 24.1. The van der Waals surface area contributed by atoms with E-state index in [-0.39, 0.29) is 11.5 Å². The summed E-state index contributed by atoms with van der Waals surface area (Å²) in [6.07, 6.45) is 4.88. The standard InChI is InChI=1S/C29H27F2N7/c1-36-11-13-37(14-12-36)18-19-5-7-20(8-6-19)21-15-22(28(32)34-16-21)29-35-24-17-33-10-9-25(24)38(29)26-4-2-3-23(30)27(26)31/h2-10,15-17H,11-14,18H2,1H3,(H2,32,34). The van der Waals surface area contributed by atoms with E-state index in [2.05, 4.69) is 51.1 Å². The van der Waals surface area contributed by atoms with Crippen molar-refractivity contribution in [1.82, 2.24) is 29.3 Å². The van der Waals surface area contributed by atoms with Gasteiger partial charge in [0.1, 0.15) is 17.2 Å². The fraction of sp³-hybridized carbons (Fsp3) is 0.207. The van der Waals surface area contributed by atoms with Crippen molar-refractivity contribution < 1.29 is 8.78 Å². The summed E-state index contributed by atoms with van der Waals surface area (Å²) in [6.45, 7) is 5.20. The minimum Gasteiger partial charge on any atom is -0.383 e. The van der Waals surface area contributed by atoms with Crippen molar-refractivity contribution in [2.75, 3.05) is 39.0 Å². The molecule has 6 rings (SSSR count). The van der Waals surface area contributed by atoms with Gasteiger partial charge in [0.05, 0.1) is 23.0 Å². The zero-order valence-electron chi connectivity index (χ0n) is 21.0. The molecular formula is C29H27F2N7. The molecule has 0 radical (unpaired) electrons. The second kappa shape index (κ2) is 9.92. The van der Waals surface area contributed by atoms with Gasteiger partial charge in [0.25, 0.3) is 0 Å². The van der Waals surface area contributed by atoms with Crippen molar-refractivity contribution in [2.45, 2.75) is 6.54 Å². The zero-order chi connectivity index (χ0) is 26.2. The summed E-state index contributed by atoms with van der Waals surface area (Å²) in [5.74, 6) is -1.32. The number of likely N-dealkylation sites (N-methyl/N-ethyl adjacent to an activating group) is 1. The van der Waals surface area contributed by atoms with Crippen LogP contribution in [0.3, 0.4) is 0 Å². The van der Waals surface area contributed by atoms with Crippen molar-refractivity contribution >= 4 is 16.9 Å². The number of hydrogen-bond acceptors (Lipinski definition) is 6. The summed E-state index contributed by atoms with van der Waals surface area (Å²) < 4.78 is 30.7. The molecule has 1 saturated heterocycles. The molecule has 1 aliphatic heterocycles. The Morgan fingerprint density at radius 2 is 1.71 bits per heavy atom. The highest BCUT2D eigenvalue weighted by Gasteiger charge is 2.21. The Bertz CT molecular complexity index is 1610. The van der Waals surface area contributed by atoms with Crippen LogP contribution < -0.4 is 5.73 Å². The Labute approximate surface area is 219 Å². The number of anilines is 1. The van der Waals surface area contributed by atoms with E-state index in [9.17, 15) is 8.78 Å². The highest BCUT2D eigenvalue weighted by Crippen LogP contribution is 2.34. The number of nitrogens with two attached hydrogens (primary N) is 1. The number of rotatable bonds is 5. The van der Waals surface area contributed by atoms with Gasteiger partial charge in [-0.25, -0.2) is 18.7 Å². The molecule has 4 heterocycles. The Morgan fingerprint density at radius 1 is 0.921 bits per heavy atom. The SMILES string of the molecule is CN1CCN(Cc2ccc(-c3cnc(N)c(-c4nc5cnccc5n4-c4cccc(F)c4F)c3)cc2)CC1. The second-order valence-corrected chi connectivity index (χ2v) is 9.64. The number of nitrogens with zero attached hydrogens (tertiary/aromatic N) is 6. The first-order valence-corrected chi connectivity index (χ1v) is 12.5. The maximum atomic E-state index is 15.0. The summed E-state index contributed by atoms with van der Waals surface area (Å²) in [4.78, 5) is 18.1. The third-order valence-electron chi connectivity index (χ3n) is 7.08. The van der Waals surface area contributed by atoms with Crippen LogP contribution in [0.15, 0.2) is 73.2 Å². The van der Waals surface area contributed by atoms with Crippen molar-refractivity contribution in [1.29, 1.82) is 0 Å². The average Bonchev–Trinajstić information content (AvgIpc) is 3.31. The van der Waals surface area contributed by atoms with E-state index in [1.165, 1.54) is 17.7 Å². The molecule has 0 aliphatic carbocycles. The van der Waals surface area contributed by atoms with Crippen LogP contribution in [0.25, 0.3) is 39.2 Å². The lowest BCUT2D eigenvalue weighted by Gasteiger charge is -2.32. The molecule has 0 saturated carbocycles. The van der Waals surface area contributed by atoms with Crippen LogP contribution in [0.2, 0.25) is 0 Å². The van der Waals surface area contributed by atoms with E-state index in [0.717, 1.165) is 49.9 Å². The number of imidazole rings is 1. The summed E-state index contributed by atoms with van der Waals surface area (Å²) in [5.41, 5.74) is 11.0. The molecule has 38 heavy (non-hydrogen) atoms. The van der Waals surface area contributed by atoms with E-state index in [4.69, 9.17) is 10.7 Å². The number of halogens is 2. The first-order chi connectivity index (χ1) is 18.5. The van der Waals surface area contributed by atoms with Gasteiger partial charge in [-0.05, 0) is 42.4 Å². The quantitative estimate of drug-likeness (QED) is 0.367. The van der Waals surface area contributed by atoms with Crippen molar-refractivity contribution in [3.63, 3.8) is 0 Å². The van der Waals surface area contributed by atoms with Crippen LogP contribution in [0.1, 0.15) is 5.56 Å². The molecule has 9 heteroatoms. The number of pyridine rings is 2. The Hall–Kier alpha value is -4.21. The number of benzene rings is 2. The van der Waals surface area contributed by atoms with Crippen LogP contribution in [0, 0.1) is 11.6 Å². The van der Waals surface area contributed by atoms with E-state index in [1.54, 1.807) is 29.2 Å². The van der Waals surface area contributed by atoms with Crippen molar-refractivity contribution in [3.8, 4) is 28.2 Å². The fourth-order valence-electron chi connectivity index (χ4n) is 4.90. The first-order valence-electron chi connectivity index (χ1n) is 12.5. The molecule has 192 valence electrons. The molecule has 1 aliphatic rings. The van der Waals surface area contributed by atoms with E-state index < -0.39 is 11.6 Å². The minimum absolute atomic E-state index is 0.0340. The van der Waals surface area contributed by atoms with Gasteiger partial charge in [-0.3, -0.25) is 14.5 Å². The molecule has 5 aromatic rings. The number of piperazine rings is 1. The van der Waals surface area contributed by atoms with Crippen LogP contribution >= 0.6 is 0 Å². The molecule has 1 fully saturated rings. The van der Waals surface area contributed by atoms with Crippen molar-refractivity contribution in [2.24, 2.45) is 0 Å². The maximum absolute atomic E-state index is 15.0. The average molecular weight is 512 g/mol. The smallest absolute Gasteiger partial charge is 0.182 e. The summed E-state index contributed by atoms with van der Waals surface area (Å²) in [5, 5.41) is 0. The Morgan fingerprint density at radius 3 is 2.50 bits per heavy atom. The fourth-order valence-corrected chi connectivity index (χ4v) is 4.90. The molecule has 2 N–H and O–H groups in total. The maximum Gasteiger partial charge on any atom is 0.182 e. The van der Waals surface area contributed by atoms with E-state index in [0.29, 0.717) is 22.4 Å². The summed E-state index contributed by atoms with van der Waals surface area (Å²) >= 11 is 0. The molecule has 2 aromatic carbocycles. The van der Waals surface area contributed by atoms with E-state index in [1.807, 2.05) is 6.07 Å². The van der Waals surface area contributed by atoms with E-state index >= 15 is 0 Å². The number of aromatic nitrogens is 4. The normalized spacial score (nSPS) is 14.8. The minimum atomic E-state index is -0.969. The lowest BCUT2D eigenvalue weighted by atomic mass is 10.0. The van der Waals surface area contributed by atoms with Crippen LogP contribution in [0.5, 0.6) is 0 Å². The van der Waals surface area contributed by atoms with Crippen LogP contribution in [-0.2, 0) is 6.54 Å². The van der Waals surface area contributed by atoms with Gasteiger partial charge < -0.3 is 10.6 Å². The Kier molecular flexibility index (Phi) is 6.30. The number of fused-ring (bicyclic) bond motifs is 1. The van der Waals surface area contributed by atoms with Gasteiger partial charge >= 0.3 is 0 Å². The second-order valence-electron chi connectivity index (χ2n) is 9.64.